The third-order valence-corrected chi connectivity index (χ3v) is 10.9. The minimum atomic E-state index is -4.37. The minimum absolute atomic E-state index is 0.0641. The van der Waals surface area contributed by atoms with E-state index in [-0.39, 0.29) is 32.1 Å². The highest BCUT2D eigenvalue weighted by atomic mass is 31.2. The van der Waals surface area contributed by atoms with Crippen LogP contribution in [0, 0.1) is 0 Å². The number of carbonyl (C=O) groups is 1. The highest BCUT2D eigenvalue weighted by molar-refractivity contribution is 7.47. The van der Waals surface area contributed by atoms with Gasteiger partial charge in [-0.1, -0.05) is 207 Å². The quantitative estimate of drug-likeness (QED) is 0.0273. The molecule has 0 bridgehead atoms. The Kier molecular flexibility index (Phi) is 44.0. The first kappa shape index (κ1) is 57.4. The van der Waals surface area contributed by atoms with Gasteiger partial charge in [0.1, 0.15) is 0 Å². The van der Waals surface area contributed by atoms with Crippen molar-refractivity contribution in [3.8, 4) is 0 Å². The third kappa shape index (κ3) is 43.5. The van der Waals surface area contributed by atoms with E-state index in [2.05, 4.69) is 104 Å². The summed E-state index contributed by atoms with van der Waals surface area (Å²) in [7, 11) is -4.37. The SMILES string of the molecule is CC/C=C\C/C=C\C/C=C\C/C=C\C/C=C\C/C=C\C/C=C\CCCC(=O)NC(COP(=O)(O)OCCN)C(O)/C=C/CCCCCCCCCCCCCCCCCC. The summed E-state index contributed by atoms with van der Waals surface area (Å²) in [5.41, 5.74) is 5.38. The van der Waals surface area contributed by atoms with Crippen molar-refractivity contribution >= 4 is 13.7 Å². The second-order valence-electron chi connectivity index (χ2n) is 15.6. The molecule has 0 aromatic rings. The number of phosphoric ester groups is 1. The van der Waals surface area contributed by atoms with Crippen molar-refractivity contribution < 1.29 is 28.4 Å². The summed E-state index contributed by atoms with van der Waals surface area (Å²) in [5.74, 6) is -0.255. The number of amides is 1. The smallest absolute Gasteiger partial charge is 0.387 e. The van der Waals surface area contributed by atoms with Crippen molar-refractivity contribution in [2.45, 2.75) is 199 Å². The minimum Gasteiger partial charge on any atom is -0.387 e. The highest BCUT2D eigenvalue weighted by Crippen LogP contribution is 2.43. The van der Waals surface area contributed by atoms with Crippen molar-refractivity contribution in [3.63, 3.8) is 0 Å². The fourth-order valence-corrected chi connectivity index (χ4v) is 7.12. The Bertz CT molecular complexity index is 1250. The molecule has 0 spiro atoms. The summed E-state index contributed by atoms with van der Waals surface area (Å²) in [4.78, 5) is 22.7. The molecule has 0 aliphatic rings. The molecule has 1 amide bonds. The molecule has 0 aliphatic heterocycles. The average molecular weight is 857 g/mol. The maximum atomic E-state index is 12.8. The topological polar surface area (TPSA) is 131 Å². The van der Waals surface area contributed by atoms with E-state index in [9.17, 15) is 19.4 Å². The Labute approximate surface area is 368 Å². The monoisotopic (exact) mass is 857 g/mol. The first-order valence-corrected chi connectivity index (χ1v) is 25.4. The van der Waals surface area contributed by atoms with Crippen LogP contribution < -0.4 is 11.1 Å². The molecule has 0 aromatic carbocycles. The fraction of sp³-hybridized carbons (Fsp3) is 0.667. The Hall–Kier alpha value is -2.58. The summed E-state index contributed by atoms with van der Waals surface area (Å²) < 4.78 is 22.2. The van der Waals surface area contributed by atoms with Crippen molar-refractivity contribution in [2.24, 2.45) is 5.73 Å². The van der Waals surface area contributed by atoms with E-state index in [1.165, 1.54) is 89.9 Å². The van der Waals surface area contributed by atoms with E-state index in [0.29, 0.717) is 6.42 Å². The molecule has 344 valence electrons. The van der Waals surface area contributed by atoms with Crippen LogP contribution in [0.3, 0.4) is 0 Å². The molecule has 3 unspecified atom stereocenters. The van der Waals surface area contributed by atoms with Gasteiger partial charge in [-0.2, -0.15) is 0 Å². The lowest BCUT2D eigenvalue weighted by molar-refractivity contribution is -0.122. The number of unbranched alkanes of at least 4 members (excludes halogenated alkanes) is 17. The number of aliphatic hydroxyl groups excluding tert-OH is 1. The normalized spacial score (nSPS) is 14.8. The number of hydrogen-bond donors (Lipinski definition) is 4. The van der Waals surface area contributed by atoms with Crippen molar-refractivity contribution in [1.82, 2.24) is 5.32 Å². The number of hydrogen-bond acceptors (Lipinski definition) is 6. The number of phosphoric acid groups is 1. The van der Waals surface area contributed by atoms with Crippen LogP contribution in [0.15, 0.2) is 97.2 Å². The molecule has 0 heterocycles. The van der Waals surface area contributed by atoms with Gasteiger partial charge in [0.15, 0.2) is 0 Å². The van der Waals surface area contributed by atoms with Crippen LogP contribution >= 0.6 is 7.82 Å². The van der Waals surface area contributed by atoms with Crippen LogP contribution in [-0.2, 0) is 18.4 Å². The van der Waals surface area contributed by atoms with Gasteiger partial charge >= 0.3 is 7.82 Å². The van der Waals surface area contributed by atoms with E-state index < -0.39 is 20.0 Å². The molecule has 5 N–H and O–H groups in total. The first-order valence-electron chi connectivity index (χ1n) is 23.9. The summed E-state index contributed by atoms with van der Waals surface area (Å²) in [6.07, 6.45) is 63.2. The lowest BCUT2D eigenvalue weighted by Crippen LogP contribution is -2.45. The standard InChI is InChI=1S/C51H89N2O6P/c1-3-5-7-9-11-13-15-17-19-21-23-24-25-26-27-29-31-33-35-37-39-41-43-45-51(55)53-49(48-59-60(56,57)58-47-46-52)50(54)44-42-40-38-36-34-32-30-28-22-20-18-16-14-12-10-8-6-4-2/h5,7,11,13,17,19,23-24,26-27,31,33,37,39,42,44,49-50,54H,3-4,6,8-10,12,14-16,18,20-22,25,28-30,32,34-36,38,40-41,43,45-48,52H2,1-2H3,(H,53,55)(H,56,57)/b7-5-,13-11-,19-17-,24-23-,27-26-,33-31-,39-37-,44-42+. The van der Waals surface area contributed by atoms with Crippen LogP contribution in [0.1, 0.15) is 187 Å². The molecule has 0 fully saturated rings. The molecule has 0 saturated heterocycles. The van der Waals surface area contributed by atoms with E-state index in [1.807, 2.05) is 6.08 Å². The van der Waals surface area contributed by atoms with Gasteiger partial charge < -0.3 is 21.1 Å². The van der Waals surface area contributed by atoms with Crippen LogP contribution in [-0.4, -0.2) is 47.8 Å². The maximum Gasteiger partial charge on any atom is 0.472 e. The van der Waals surface area contributed by atoms with Gasteiger partial charge in [-0.05, 0) is 70.6 Å². The Morgan fingerprint density at radius 2 is 0.967 bits per heavy atom. The number of nitrogens with one attached hydrogen (secondary N) is 1. The lowest BCUT2D eigenvalue weighted by Gasteiger charge is -2.23. The fourth-order valence-electron chi connectivity index (χ4n) is 6.36. The van der Waals surface area contributed by atoms with Gasteiger partial charge in [-0.25, -0.2) is 4.57 Å². The largest absolute Gasteiger partial charge is 0.472 e. The summed E-state index contributed by atoms with van der Waals surface area (Å²) in [6, 6.07) is -0.898. The van der Waals surface area contributed by atoms with Crippen LogP contribution in [0.25, 0.3) is 0 Å². The molecular formula is C51H89N2O6P. The molecule has 9 heteroatoms. The zero-order valence-electron chi connectivity index (χ0n) is 38.2. The second-order valence-corrected chi connectivity index (χ2v) is 17.0. The molecule has 0 saturated carbocycles. The zero-order chi connectivity index (χ0) is 43.9. The van der Waals surface area contributed by atoms with E-state index in [1.54, 1.807) is 6.08 Å². The highest BCUT2D eigenvalue weighted by Gasteiger charge is 2.26. The number of aliphatic hydroxyl groups is 1. The Balaban J connectivity index is 4.31. The molecule has 0 rings (SSSR count). The predicted octanol–water partition coefficient (Wildman–Crippen LogP) is 13.9. The number of nitrogens with two attached hydrogens (primary N) is 1. The van der Waals surface area contributed by atoms with E-state index in [4.69, 9.17) is 14.8 Å². The molecule has 3 atom stereocenters. The van der Waals surface area contributed by atoms with Gasteiger partial charge in [0.05, 0.1) is 25.4 Å². The maximum absolute atomic E-state index is 12.8. The van der Waals surface area contributed by atoms with E-state index in [0.717, 1.165) is 70.6 Å². The Morgan fingerprint density at radius 3 is 1.40 bits per heavy atom. The lowest BCUT2D eigenvalue weighted by atomic mass is 10.0. The third-order valence-electron chi connectivity index (χ3n) is 9.92. The number of carbonyl (C=O) groups excluding carboxylic acids is 1. The van der Waals surface area contributed by atoms with Crippen molar-refractivity contribution in [2.75, 3.05) is 19.8 Å². The first-order chi connectivity index (χ1) is 29.4. The summed E-state index contributed by atoms with van der Waals surface area (Å²) in [6.45, 7) is 3.97. The molecular weight excluding hydrogens is 768 g/mol. The van der Waals surface area contributed by atoms with Gasteiger partial charge in [-0.15, -0.1) is 0 Å². The Morgan fingerprint density at radius 1 is 0.567 bits per heavy atom. The van der Waals surface area contributed by atoms with Crippen LogP contribution in [0.4, 0.5) is 0 Å². The molecule has 8 nitrogen and oxygen atoms in total. The van der Waals surface area contributed by atoms with Crippen molar-refractivity contribution in [3.05, 3.63) is 97.2 Å². The number of rotatable bonds is 43. The van der Waals surface area contributed by atoms with Gasteiger partial charge in [0, 0.05) is 13.0 Å². The van der Waals surface area contributed by atoms with E-state index >= 15 is 0 Å². The van der Waals surface area contributed by atoms with Gasteiger partial charge in [0.25, 0.3) is 0 Å². The van der Waals surface area contributed by atoms with Gasteiger partial charge in [-0.3, -0.25) is 13.8 Å². The predicted molar refractivity (Wildman–Crippen MR) is 258 cm³/mol. The zero-order valence-corrected chi connectivity index (χ0v) is 39.1. The summed E-state index contributed by atoms with van der Waals surface area (Å²) in [5, 5.41) is 13.7. The summed E-state index contributed by atoms with van der Waals surface area (Å²) >= 11 is 0. The van der Waals surface area contributed by atoms with Gasteiger partial charge in [0.2, 0.25) is 5.91 Å². The second kappa shape index (κ2) is 45.9. The van der Waals surface area contributed by atoms with Crippen LogP contribution in [0.2, 0.25) is 0 Å². The molecule has 0 aliphatic carbocycles. The molecule has 0 radical (unpaired) electrons. The van der Waals surface area contributed by atoms with Crippen molar-refractivity contribution in [1.29, 1.82) is 0 Å². The number of allylic oxidation sites excluding steroid dienone is 15. The molecule has 0 aromatic heterocycles. The average Bonchev–Trinajstić information content (AvgIpc) is 3.24. The molecule has 60 heavy (non-hydrogen) atoms. The van der Waals surface area contributed by atoms with Crippen LogP contribution in [0.5, 0.6) is 0 Å².